The molecule has 1 saturated heterocycles. The Morgan fingerprint density at radius 2 is 1.85 bits per heavy atom. The third-order valence-corrected chi connectivity index (χ3v) is 7.66. The summed E-state index contributed by atoms with van der Waals surface area (Å²) in [5.74, 6) is 2.08. The van der Waals surface area contributed by atoms with Crippen LogP contribution in [0.1, 0.15) is 64.9 Å². The van der Waals surface area contributed by atoms with E-state index >= 15 is 0 Å². The highest BCUT2D eigenvalue weighted by Crippen LogP contribution is 2.35. The normalized spacial score (nSPS) is 16.6. The first kappa shape index (κ1) is 27.8. The summed E-state index contributed by atoms with van der Waals surface area (Å²) >= 11 is 0. The van der Waals surface area contributed by atoms with Crippen LogP contribution in [0.3, 0.4) is 0 Å². The van der Waals surface area contributed by atoms with Gasteiger partial charge in [0.15, 0.2) is 11.5 Å². The molecule has 2 aliphatic rings. The molecule has 1 aliphatic carbocycles. The molecular formula is C31H40N4O5. The van der Waals surface area contributed by atoms with Gasteiger partial charge in [0.05, 0.1) is 13.7 Å². The van der Waals surface area contributed by atoms with Crippen molar-refractivity contribution in [2.75, 3.05) is 31.7 Å². The monoisotopic (exact) mass is 548 g/mol. The third-order valence-electron chi connectivity index (χ3n) is 7.66. The van der Waals surface area contributed by atoms with Crippen LogP contribution in [0, 0.1) is 5.92 Å². The van der Waals surface area contributed by atoms with Gasteiger partial charge in [-0.15, -0.1) is 0 Å². The molecule has 5 rings (SSSR count). The van der Waals surface area contributed by atoms with Crippen LogP contribution >= 0.6 is 0 Å². The molecule has 0 radical (unpaired) electrons. The number of benzene rings is 1. The lowest BCUT2D eigenvalue weighted by molar-refractivity contribution is 0.0543. The molecule has 9 heteroatoms. The molecule has 0 spiro atoms. The van der Waals surface area contributed by atoms with E-state index in [-0.39, 0.29) is 6.03 Å². The van der Waals surface area contributed by atoms with Gasteiger partial charge in [0.2, 0.25) is 0 Å². The van der Waals surface area contributed by atoms with Gasteiger partial charge < -0.3 is 19.1 Å². The Labute approximate surface area is 236 Å². The smallest absolute Gasteiger partial charge is 0.420 e. The molecular weight excluding hydrogens is 508 g/mol. The minimum absolute atomic E-state index is 0.0649. The van der Waals surface area contributed by atoms with Gasteiger partial charge in [-0.1, -0.05) is 25.7 Å². The first-order valence-corrected chi connectivity index (χ1v) is 14.3. The van der Waals surface area contributed by atoms with Gasteiger partial charge in [0.25, 0.3) is 0 Å². The van der Waals surface area contributed by atoms with Crippen molar-refractivity contribution in [1.82, 2.24) is 14.5 Å². The zero-order chi connectivity index (χ0) is 28.3. The van der Waals surface area contributed by atoms with Gasteiger partial charge in [-0.25, -0.2) is 19.1 Å². The second-order valence-corrected chi connectivity index (χ2v) is 11.7. The average molecular weight is 549 g/mol. The van der Waals surface area contributed by atoms with Crippen molar-refractivity contribution in [2.24, 2.45) is 5.92 Å². The Bertz CT molecular complexity index is 1360. The Hall–Kier alpha value is -3.75. The Morgan fingerprint density at radius 1 is 1.05 bits per heavy atom. The summed E-state index contributed by atoms with van der Waals surface area (Å²) in [6.45, 7) is 7.82. The predicted molar refractivity (Wildman–Crippen MR) is 154 cm³/mol. The summed E-state index contributed by atoms with van der Waals surface area (Å²) in [4.78, 5) is 34.4. The summed E-state index contributed by atoms with van der Waals surface area (Å²) < 4.78 is 18.6. The van der Waals surface area contributed by atoms with E-state index < -0.39 is 11.7 Å². The number of urea groups is 1. The summed E-state index contributed by atoms with van der Waals surface area (Å²) in [5, 5.41) is 0.820. The summed E-state index contributed by atoms with van der Waals surface area (Å²) in [6, 6.07) is 9.39. The number of carbonyl (C=O) groups is 2. The standard InChI is InChI=1S/C31H40N4O5/c1-31(2,3)40-30(37)35-18-13-25-23(12-15-32-28(25)35)21-33-16-7-17-34(29(33)36)24-10-11-26(38-4)27(20-24)39-19-14-22-8-5-6-9-22/h10-13,15,18,20,22H,5-9,14,16-17,19,21H2,1-4H3. The zero-order valence-electron chi connectivity index (χ0n) is 24.0. The number of pyridine rings is 1. The van der Waals surface area contributed by atoms with E-state index in [1.54, 1.807) is 24.4 Å². The van der Waals surface area contributed by atoms with Crippen LogP contribution in [0.2, 0.25) is 0 Å². The third kappa shape index (κ3) is 6.18. The number of hydrogen-bond donors (Lipinski definition) is 0. The number of nitrogens with zero attached hydrogens (tertiary/aromatic N) is 4. The fourth-order valence-electron chi connectivity index (χ4n) is 5.64. The van der Waals surface area contributed by atoms with Crippen molar-refractivity contribution in [3.8, 4) is 11.5 Å². The van der Waals surface area contributed by atoms with Crippen molar-refractivity contribution in [3.63, 3.8) is 0 Å². The number of fused-ring (bicyclic) bond motifs is 1. The van der Waals surface area contributed by atoms with E-state index in [1.807, 2.05) is 56.0 Å². The lowest BCUT2D eigenvalue weighted by atomic mass is 10.1. The van der Waals surface area contributed by atoms with Gasteiger partial charge in [0.1, 0.15) is 11.2 Å². The fourth-order valence-corrected chi connectivity index (χ4v) is 5.64. The molecule has 1 saturated carbocycles. The van der Waals surface area contributed by atoms with Crippen molar-refractivity contribution >= 4 is 28.8 Å². The van der Waals surface area contributed by atoms with Crippen LogP contribution in [0.25, 0.3) is 11.0 Å². The highest BCUT2D eigenvalue weighted by atomic mass is 16.6. The molecule has 1 aliphatic heterocycles. The number of ether oxygens (including phenoxy) is 3. The van der Waals surface area contributed by atoms with E-state index in [2.05, 4.69) is 4.98 Å². The Morgan fingerprint density at radius 3 is 2.60 bits per heavy atom. The highest BCUT2D eigenvalue weighted by molar-refractivity contribution is 5.94. The van der Waals surface area contributed by atoms with Gasteiger partial charge in [0, 0.05) is 49.2 Å². The average Bonchev–Trinajstić information content (AvgIpc) is 3.60. The minimum Gasteiger partial charge on any atom is -0.493 e. The molecule has 1 aromatic carbocycles. The summed E-state index contributed by atoms with van der Waals surface area (Å²) in [7, 11) is 1.64. The molecule has 9 nitrogen and oxygen atoms in total. The van der Waals surface area contributed by atoms with Crippen LogP contribution in [-0.4, -0.2) is 59.0 Å². The Kier molecular flexibility index (Phi) is 8.19. The van der Waals surface area contributed by atoms with Gasteiger partial charge in [-0.05, 0) is 69.4 Å². The summed E-state index contributed by atoms with van der Waals surface area (Å²) in [6.07, 6.45) is 9.95. The zero-order valence-corrected chi connectivity index (χ0v) is 24.0. The molecule has 0 N–H and O–H groups in total. The van der Waals surface area contributed by atoms with Crippen molar-refractivity contribution in [1.29, 1.82) is 0 Å². The maximum absolute atomic E-state index is 13.7. The molecule has 2 amide bonds. The van der Waals surface area contributed by atoms with Gasteiger partial charge in [-0.2, -0.15) is 0 Å². The van der Waals surface area contributed by atoms with E-state index in [0.717, 1.165) is 35.4 Å². The van der Waals surface area contributed by atoms with Crippen molar-refractivity contribution < 1.29 is 23.8 Å². The maximum Gasteiger partial charge on any atom is 0.420 e. The Balaban J connectivity index is 1.31. The topological polar surface area (TPSA) is 86.1 Å². The molecule has 2 aromatic heterocycles. The first-order chi connectivity index (χ1) is 19.2. The largest absolute Gasteiger partial charge is 0.493 e. The minimum atomic E-state index is -0.614. The lowest BCUT2D eigenvalue weighted by Gasteiger charge is -2.36. The predicted octanol–water partition coefficient (Wildman–Crippen LogP) is 6.62. The molecule has 0 atom stereocenters. The number of amides is 2. The van der Waals surface area contributed by atoms with E-state index in [0.29, 0.717) is 43.4 Å². The first-order valence-electron chi connectivity index (χ1n) is 14.3. The molecule has 40 heavy (non-hydrogen) atoms. The van der Waals surface area contributed by atoms with Crippen LogP contribution in [0.15, 0.2) is 42.7 Å². The van der Waals surface area contributed by atoms with Gasteiger partial charge in [-0.3, -0.25) is 4.90 Å². The fraction of sp³-hybridized carbons (Fsp3) is 0.516. The van der Waals surface area contributed by atoms with Crippen LogP contribution < -0.4 is 14.4 Å². The van der Waals surface area contributed by atoms with Crippen molar-refractivity contribution in [2.45, 2.75) is 71.4 Å². The molecule has 3 aromatic rings. The number of carbonyl (C=O) groups excluding carboxylic acids is 2. The quantitative estimate of drug-likeness (QED) is 0.314. The molecule has 3 heterocycles. The number of methoxy groups -OCH3 is 1. The number of aromatic nitrogens is 2. The second kappa shape index (κ2) is 11.8. The SMILES string of the molecule is COc1ccc(N2CCCN(Cc3ccnc4c3ccn4C(=O)OC(C)(C)C)C2=O)cc1OCCC1CCCC1. The van der Waals surface area contributed by atoms with E-state index in [4.69, 9.17) is 14.2 Å². The molecule has 2 fully saturated rings. The van der Waals surface area contributed by atoms with Crippen LogP contribution in [0.5, 0.6) is 11.5 Å². The maximum atomic E-state index is 13.7. The summed E-state index contributed by atoms with van der Waals surface area (Å²) in [5.41, 5.74) is 1.62. The second-order valence-electron chi connectivity index (χ2n) is 11.7. The molecule has 214 valence electrons. The lowest BCUT2D eigenvalue weighted by Crippen LogP contribution is -2.49. The number of rotatable bonds is 8. The van der Waals surface area contributed by atoms with Gasteiger partial charge >= 0.3 is 12.1 Å². The molecule has 0 unspecified atom stereocenters. The number of anilines is 1. The molecule has 0 bridgehead atoms. The van der Waals surface area contributed by atoms with Crippen LogP contribution in [-0.2, 0) is 11.3 Å². The van der Waals surface area contributed by atoms with Crippen molar-refractivity contribution in [3.05, 3.63) is 48.3 Å². The van der Waals surface area contributed by atoms with E-state index in [9.17, 15) is 9.59 Å². The van der Waals surface area contributed by atoms with Crippen LogP contribution in [0.4, 0.5) is 15.3 Å². The number of hydrogen-bond acceptors (Lipinski definition) is 6. The highest BCUT2D eigenvalue weighted by Gasteiger charge is 2.29. The van der Waals surface area contributed by atoms with E-state index in [1.165, 1.54) is 30.3 Å².